The highest BCUT2D eigenvalue weighted by atomic mass is 19.1. The topological polar surface area (TPSA) is 52.7 Å². The second kappa shape index (κ2) is 10.2. The minimum absolute atomic E-state index is 0.00821. The first kappa shape index (κ1) is 22.3. The van der Waals surface area contributed by atoms with Crippen molar-refractivity contribution in [2.75, 3.05) is 25.0 Å². The molecule has 0 aromatic heterocycles. The van der Waals surface area contributed by atoms with Crippen LogP contribution in [0, 0.1) is 5.82 Å². The smallest absolute Gasteiger partial charge is 0.255 e. The molecule has 2 fully saturated rings. The summed E-state index contributed by atoms with van der Waals surface area (Å²) >= 11 is 0. The van der Waals surface area contributed by atoms with Gasteiger partial charge in [0, 0.05) is 37.9 Å². The van der Waals surface area contributed by atoms with Gasteiger partial charge in [-0.1, -0.05) is 43.5 Å². The van der Waals surface area contributed by atoms with E-state index in [0.29, 0.717) is 6.04 Å². The first-order chi connectivity index (χ1) is 15.5. The van der Waals surface area contributed by atoms with Gasteiger partial charge in [0.05, 0.1) is 11.1 Å². The summed E-state index contributed by atoms with van der Waals surface area (Å²) in [7, 11) is 1.93. The van der Waals surface area contributed by atoms with Crippen LogP contribution in [0.5, 0.6) is 0 Å². The molecule has 2 aliphatic rings. The van der Waals surface area contributed by atoms with Gasteiger partial charge in [0.1, 0.15) is 5.82 Å². The molecule has 4 rings (SSSR count). The van der Waals surface area contributed by atoms with Gasteiger partial charge in [0.25, 0.3) is 11.8 Å². The second-order valence-corrected chi connectivity index (χ2v) is 8.94. The third-order valence-corrected chi connectivity index (χ3v) is 6.87. The molecule has 1 aliphatic heterocycles. The zero-order valence-electron chi connectivity index (χ0n) is 18.7. The van der Waals surface area contributed by atoms with Crippen molar-refractivity contribution in [3.8, 4) is 0 Å². The summed E-state index contributed by atoms with van der Waals surface area (Å²) in [4.78, 5) is 29.9. The van der Waals surface area contributed by atoms with Crippen molar-refractivity contribution < 1.29 is 14.0 Å². The molecule has 1 N–H and O–H groups in total. The number of nitrogens with one attached hydrogen (secondary N) is 1. The first-order valence-electron chi connectivity index (χ1n) is 11.7. The van der Waals surface area contributed by atoms with Crippen LogP contribution < -0.4 is 10.2 Å². The second-order valence-electron chi connectivity index (χ2n) is 8.94. The number of carbonyl (C=O) groups excluding carboxylic acids is 2. The fourth-order valence-electron chi connectivity index (χ4n) is 4.93. The molecular formula is C26H32FN3O2. The predicted octanol–water partition coefficient (Wildman–Crippen LogP) is 4.63. The molecule has 0 unspecified atom stereocenters. The Morgan fingerprint density at radius 1 is 0.906 bits per heavy atom. The molecule has 6 heteroatoms. The predicted molar refractivity (Wildman–Crippen MR) is 125 cm³/mol. The van der Waals surface area contributed by atoms with Gasteiger partial charge in [-0.25, -0.2) is 4.39 Å². The van der Waals surface area contributed by atoms with Gasteiger partial charge in [-0.15, -0.1) is 0 Å². The van der Waals surface area contributed by atoms with Gasteiger partial charge in [0.2, 0.25) is 0 Å². The maximum absolute atomic E-state index is 13.9. The molecule has 0 spiro atoms. The summed E-state index contributed by atoms with van der Waals surface area (Å²) in [6.07, 6.45) is 7.31. The van der Waals surface area contributed by atoms with Gasteiger partial charge in [0.15, 0.2) is 0 Å². The number of anilines is 1. The van der Waals surface area contributed by atoms with Crippen molar-refractivity contribution >= 4 is 17.5 Å². The molecule has 2 aromatic rings. The molecular weight excluding hydrogens is 405 g/mol. The van der Waals surface area contributed by atoms with E-state index >= 15 is 0 Å². The normalized spacial score (nSPS) is 17.8. The molecule has 5 nitrogen and oxygen atoms in total. The lowest BCUT2D eigenvalue weighted by atomic mass is 9.94. The van der Waals surface area contributed by atoms with Crippen LogP contribution in [0.15, 0.2) is 48.5 Å². The third kappa shape index (κ3) is 4.95. The van der Waals surface area contributed by atoms with Crippen LogP contribution in [-0.4, -0.2) is 48.9 Å². The van der Waals surface area contributed by atoms with Crippen LogP contribution in [0.4, 0.5) is 10.1 Å². The van der Waals surface area contributed by atoms with Crippen LogP contribution in [0.3, 0.4) is 0 Å². The minimum Gasteiger partial charge on any atom is -0.371 e. The summed E-state index contributed by atoms with van der Waals surface area (Å²) < 4.78 is 13.9. The Bertz CT molecular complexity index is 950. The molecule has 0 bridgehead atoms. The van der Waals surface area contributed by atoms with Crippen LogP contribution in [0.2, 0.25) is 0 Å². The summed E-state index contributed by atoms with van der Waals surface area (Å²) in [6.45, 7) is 1.47. The molecule has 0 radical (unpaired) electrons. The van der Waals surface area contributed by atoms with Crippen molar-refractivity contribution in [3.63, 3.8) is 0 Å². The lowest BCUT2D eigenvalue weighted by Crippen LogP contribution is -2.45. The molecule has 32 heavy (non-hydrogen) atoms. The SMILES string of the molecule is CN(C(=O)c1ccccc1N1CCC(NC(=O)c2ccccc2F)CC1)C1CCCCC1. The van der Waals surface area contributed by atoms with Gasteiger partial charge in [-0.3, -0.25) is 9.59 Å². The lowest BCUT2D eigenvalue weighted by Gasteiger charge is -2.36. The van der Waals surface area contributed by atoms with E-state index < -0.39 is 5.82 Å². The van der Waals surface area contributed by atoms with E-state index in [4.69, 9.17) is 0 Å². The molecule has 1 heterocycles. The van der Waals surface area contributed by atoms with Crippen molar-refractivity contribution in [1.29, 1.82) is 0 Å². The number of rotatable bonds is 5. The summed E-state index contributed by atoms with van der Waals surface area (Å²) in [5, 5.41) is 2.97. The maximum Gasteiger partial charge on any atom is 0.255 e. The molecule has 2 amide bonds. The number of benzene rings is 2. The Morgan fingerprint density at radius 3 is 2.22 bits per heavy atom. The summed E-state index contributed by atoms with van der Waals surface area (Å²) in [5.41, 5.74) is 1.78. The molecule has 170 valence electrons. The quantitative estimate of drug-likeness (QED) is 0.742. The Kier molecular flexibility index (Phi) is 7.08. The summed E-state index contributed by atoms with van der Waals surface area (Å²) in [5.74, 6) is -0.786. The Labute approximate surface area is 189 Å². The summed E-state index contributed by atoms with van der Waals surface area (Å²) in [6, 6.07) is 14.2. The maximum atomic E-state index is 13.9. The van der Waals surface area contributed by atoms with Crippen LogP contribution in [0.1, 0.15) is 65.7 Å². The Morgan fingerprint density at radius 2 is 1.53 bits per heavy atom. The van der Waals surface area contributed by atoms with Gasteiger partial charge < -0.3 is 15.1 Å². The van der Waals surface area contributed by atoms with E-state index in [1.54, 1.807) is 12.1 Å². The standard InChI is InChI=1S/C26H32FN3O2/c1-29(20-9-3-2-4-10-20)26(32)22-12-6-8-14-24(22)30-17-15-19(16-18-30)28-25(31)21-11-5-7-13-23(21)27/h5-8,11-14,19-20H,2-4,9-10,15-18H2,1H3,(H,28,31). The van der Waals surface area contributed by atoms with Crippen LogP contribution in [-0.2, 0) is 0 Å². The number of nitrogens with zero attached hydrogens (tertiary/aromatic N) is 2. The number of hydrogen-bond donors (Lipinski definition) is 1. The number of halogens is 1. The number of hydrogen-bond acceptors (Lipinski definition) is 3. The van der Waals surface area contributed by atoms with Crippen LogP contribution >= 0.6 is 0 Å². The van der Waals surface area contributed by atoms with E-state index in [1.165, 1.54) is 31.4 Å². The highest BCUT2D eigenvalue weighted by molar-refractivity contribution is 6.00. The lowest BCUT2D eigenvalue weighted by molar-refractivity contribution is 0.0696. The fraction of sp³-hybridized carbons (Fsp3) is 0.462. The molecule has 2 aromatic carbocycles. The first-order valence-corrected chi connectivity index (χ1v) is 11.7. The van der Waals surface area contributed by atoms with Crippen molar-refractivity contribution in [3.05, 3.63) is 65.5 Å². The average Bonchev–Trinajstić information content (AvgIpc) is 2.84. The zero-order valence-corrected chi connectivity index (χ0v) is 18.7. The molecule has 0 atom stereocenters. The third-order valence-electron chi connectivity index (χ3n) is 6.87. The highest BCUT2D eigenvalue weighted by Gasteiger charge is 2.28. The number of carbonyl (C=O) groups is 2. The number of amides is 2. The molecule has 1 saturated heterocycles. The van der Waals surface area contributed by atoms with Gasteiger partial charge in [-0.2, -0.15) is 0 Å². The van der Waals surface area contributed by atoms with E-state index in [1.807, 2.05) is 36.2 Å². The minimum atomic E-state index is -0.503. The van der Waals surface area contributed by atoms with Crippen LogP contribution in [0.25, 0.3) is 0 Å². The largest absolute Gasteiger partial charge is 0.371 e. The fourth-order valence-corrected chi connectivity index (χ4v) is 4.93. The van der Waals surface area contributed by atoms with Crippen molar-refractivity contribution in [2.24, 2.45) is 0 Å². The van der Waals surface area contributed by atoms with Gasteiger partial charge in [-0.05, 0) is 49.9 Å². The van der Waals surface area contributed by atoms with Crippen molar-refractivity contribution in [2.45, 2.75) is 57.0 Å². The average molecular weight is 438 g/mol. The van der Waals surface area contributed by atoms with E-state index in [9.17, 15) is 14.0 Å². The Hall–Kier alpha value is -2.89. The van der Waals surface area contributed by atoms with E-state index in [2.05, 4.69) is 10.2 Å². The highest BCUT2D eigenvalue weighted by Crippen LogP contribution is 2.28. The van der Waals surface area contributed by atoms with Gasteiger partial charge >= 0.3 is 0 Å². The Balaban J connectivity index is 1.39. The molecule has 1 saturated carbocycles. The number of piperidine rings is 1. The zero-order chi connectivity index (χ0) is 22.5. The monoisotopic (exact) mass is 437 g/mol. The van der Waals surface area contributed by atoms with E-state index in [-0.39, 0.29) is 23.4 Å². The van der Waals surface area contributed by atoms with E-state index in [0.717, 1.165) is 50.0 Å². The van der Waals surface area contributed by atoms with Crippen molar-refractivity contribution in [1.82, 2.24) is 10.2 Å². The molecule has 1 aliphatic carbocycles. The number of para-hydroxylation sites is 1.